The zero-order chi connectivity index (χ0) is 21.0. The Balaban J connectivity index is 1.50. The highest BCUT2D eigenvalue weighted by atomic mass is 16.3. The number of rotatable bonds is 5. The molecule has 0 aromatic rings. The molecule has 0 radical (unpaired) electrons. The van der Waals surface area contributed by atoms with E-state index in [1.807, 2.05) is 0 Å². The van der Waals surface area contributed by atoms with E-state index < -0.39 is 5.60 Å². The summed E-state index contributed by atoms with van der Waals surface area (Å²) in [6, 6.07) is 0. The Morgan fingerprint density at radius 2 is 1.72 bits per heavy atom. The Kier molecular flexibility index (Phi) is 5.81. The van der Waals surface area contributed by atoms with E-state index in [1.165, 1.54) is 57.8 Å². The monoisotopic (exact) mass is 400 g/mol. The molecule has 4 aliphatic rings. The van der Waals surface area contributed by atoms with Crippen molar-refractivity contribution in [3.63, 3.8) is 0 Å². The molecule has 0 unspecified atom stereocenters. The molecule has 0 saturated heterocycles. The normalized spacial score (nSPS) is 47.9. The third kappa shape index (κ3) is 3.77. The second kappa shape index (κ2) is 7.68. The standard InChI is InChI=1S/C28H48O/c1-19(2)8-7-9-20(3)23-12-13-24-22-11-10-21-18-26(4,29)16-17-27(21,5)25(22)14-15-28(23,24)6/h10,19-20,22-25,29H,7-9,11-18H2,1-6H3/t20-,22+,23-,24+,25+,26+,27+,28-/m1/s1. The van der Waals surface area contributed by atoms with Crippen molar-refractivity contribution in [2.45, 2.75) is 118 Å². The molecule has 0 amide bonds. The summed E-state index contributed by atoms with van der Waals surface area (Å²) in [5.41, 5.74) is 2.09. The smallest absolute Gasteiger partial charge is 0.0657 e. The van der Waals surface area contributed by atoms with Crippen LogP contribution in [0.2, 0.25) is 0 Å². The van der Waals surface area contributed by atoms with Crippen LogP contribution in [0.1, 0.15) is 112 Å². The van der Waals surface area contributed by atoms with Crippen molar-refractivity contribution in [2.75, 3.05) is 0 Å². The molecule has 1 N–H and O–H groups in total. The summed E-state index contributed by atoms with van der Waals surface area (Å²) in [6.45, 7) is 14.6. The molecule has 0 bridgehead atoms. The summed E-state index contributed by atoms with van der Waals surface area (Å²) in [4.78, 5) is 0. The van der Waals surface area contributed by atoms with Crippen molar-refractivity contribution in [3.8, 4) is 0 Å². The molecular weight excluding hydrogens is 352 g/mol. The summed E-state index contributed by atoms with van der Waals surface area (Å²) >= 11 is 0. The van der Waals surface area contributed by atoms with Crippen LogP contribution in [0.25, 0.3) is 0 Å². The van der Waals surface area contributed by atoms with E-state index in [0.717, 1.165) is 48.3 Å². The molecular formula is C28H48O. The molecule has 4 aliphatic carbocycles. The van der Waals surface area contributed by atoms with Crippen LogP contribution < -0.4 is 0 Å². The summed E-state index contributed by atoms with van der Waals surface area (Å²) in [6.07, 6.45) is 17.1. The molecule has 3 fully saturated rings. The Morgan fingerprint density at radius 3 is 2.45 bits per heavy atom. The highest BCUT2D eigenvalue weighted by Gasteiger charge is 2.59. The van der Waals surface area contributed by atoms with Gasteiger partial charge in [0, 0.05) is 0 Å². The molecule has 166 valence electrons. The predicted octanol–water partition coefficient (Wildman–Crippen LogP) is 7.78. The minimum absolute atomic E-state index is 0.369. The average Bonchev–Trinajstić information content (AvgIpc) is 2.99. The molecule has 4 rings (SSSR count). The SMILES string of the molecule is CC(C)CCC[C@@H](C)[C@H]1CC[C@H]2[C@@H]3CC=C4C[C@@](C)(O)CC[C@]4(C)[C@H]3CC[C@]12C. The molecule has 1 nitrogen and oxygen atoms in total. The van der Waals surface area contributed by atoms with Crippen molar-refractivity contribution in [3.05, 3.63) is 11.6 Å². The van der Waals surface area contributed by atoms with Crippen LogP contribution in [-0.2, 0) is 0 Å². The summed E-state index contributed by atoms with van der Waals surface area (Å²) in [5, 5.41) is 10.7. The first kappa shape index (κ1) is 21.9. The lowest BCUT2D eigenvalue weighted by Gasteiger charge is -2.59. The fraction of sp³-hybridized carbons (Fsp3) is 0.929. The largest absolute Gasteiger partial charge is 0.390 e. The predicted molar refractivity (Wildman–Crippen MR) is 124 cm³/mol. The topological polar surface area (TPSA) is 20.2 Å². The maximum Gasteiger partial charge on any atom is 0.0657 e. The third-order valence-electron chi connectivity index (χ3n) is 10.6. The van der Waals surface area contributed by atoms with Crippen LogP contribution in [0.15, 0.2) is 11.6 Å². The van der Waals surface area contributed by atoms with Gasteiger partial charge in [-0.3, -0.25) is 0 Å². The van der Waals surface area contributed by atoms with Crippen LogP contribution in [0, 0.1) is 46.3 Å². The van der Waals surface area contributed by atoms with Crippen LogP contribution in [0.5, 0.6) is 0 Å². The first-order chi connectivity index (χ1) is 13.6. The van der Waals surface area contributed by atoms with Gasteiger partial charge in [-0.2, -0.15) is 0 Å². The van der Waals surface area contributed by atoms with E-state index in [1.54, 1.807) is 5.57 Å². The Bertz CT molecular complexity index is 630. The highest BCUT2D eigenvalue weighted by Crippen LogP contribution is 2.67. The van der Waals surface area contributed by atoms with Gasteiger partial charge in [-0.1, -0.05) is 65.5 Å². The molecule has 0 heterocycles. The van der Waals surface area contributed by atoms with Gasteiger partial charge in [-0.05, 0) is 105 Å². The van der Waals surface area contributed by atoms with Crippen LogP contribution >= 0.6 is 0 Å². The quantitative estimate of drug-likeness (QED) is 0.467. The van der Waals surface area contributed by atoms with Crippen molar-refractivity contribution in [2.24, 2.45) is 46.3 Å². The van der Waals surface area contributed by atoms with Gasteiger partial charge >= 0.3 is 0 Å². The lowest BCUT2D eigenvalue weighted by atomic mass is 9.46. The highest BCUT2D eigenvalue weighted by molar-refractivity contribution is 5.26. The molecule has 1 heteroatoms. The zero-order valence-electron chi connectivity index (χ0n) is 20.3. The molecule has 29 heavy (non-hydrogen) atoms. The minimum Gasteiger partial charge on any atom is -0.390 e. The molecule has 0 spiro atoms. The molecule has 0 aromatic heterocycles. The lowest BCUT2D eigenvalue weighted by Crippen LogP contribution is -2.52. The van der Waals surface area contributed by atoms with Gasteiger partial charge in [0.2, 0.25) is 0 Å². The van der Waals surface area contributed by atoms with Crippen molar-refractivity contribution in [1.82, 2.24) is 0 Å². The Labute approximate surface area is 181 Å². The van der Waals surface area contributed by atoms with E-state index in [4.69, 9.17) is 0 Å². The maximum absolute atomic E-state index is 10.7. The Morgan fingerprint density at radius 1 is 0.966 bits per heavy atom. The number of hydrogen-bond donors (Lipinski definition) is 1. The van der Waals surface area contributed by atoms with Crippen LogP contribution in [0.3, 0.4) is 0 Å². The lowest BCUT2D eigenvalue weighted by molar-refractivity contribution is -0.0705. The second-order valence-electron chi connectivity index (χ2n) is 13.0. The Hall–Kier alpha value is -0.300. The maximum atomic E-state index is 10.7. The van der Waals surface area contributed by atoms with E-state index >= 15 is 0 Å². The third-order valence-corrected chi connectivity index (χ3v) is 10.6. The van der Waals surface area contributed by atoms with E-state index in [2.05, 4.69) is 47.6 Å². The van der Waals surface area contributed by atoms with E-state index in [0.29, 0.717) is 10.8 Å². The summed E-state index contributed by atoms with van der Waals surface area (Å²) < 4.78 is 0. The van der Waals surface area contributed by atoms with Crippen molar-refractivity contribution >= 4 is 0 Å². The van der Waals surface area contributed by atoms with Gasteiger partial charge < -0.3 is 5.11 Å². The molecule has 0 aromatic carbocycles. The van der Waals surface area contributed by atoms with Crippen LogP contribution in [0.4, 0.5) is 0 Å². The second-order valence-corrected chi connectivity index (χ2v) is 13.0. The number of fused-ring (bicyclic) bond motifs is 5. The zero-order valence-corrected chi connectivity index (χ0v) is 20.3. The van der Waals surface area contributed by atoms with E-state index in [9.17, 15) is 5.11 Å². The molecule has 0 aliphatic heterocycles. The first-order valence-electron chi connectivity index (χ1n) is 13.0. The summed E-state index contributed by atoms with van der Waals surface area (Å²) in [7, 11) is 0. The summed E-state index contributed by atoms with van der Waals surface area (Å²) in [5.74, 6) is 5.41. The fourth-order valence-electron chi connectivity index (χ4n) is 8.83. The minimum atomic E-state index is -0.467. The molecule has 3 saturated carbocycles. The number of aliphatic hydroxyl groups is 1. The van der Waals surface area contributed by atoms with Crippen LogP contribution in [-0.4, -0.2) is 10.7 Å². The fourth-order valence-corrected chi connectivity index (χ4v) is 8.83. The average molecular weight is 401 g/mol. The number of allylic oxidation sites excluding steroid dienone is 1. The van der Waals surface area contributed by atoms with Gasteiger partial charge in [0.1, 0.15) is 0 Å². The van der Waals surface area contributed by atoms with Gasteiger partial charge in [-0.25, -0.2) is 0 Å². The first-order valence-corrected chi connectivity index (χ1v) is 13.0. The van der Waals surface area contributed by atoms with Gasteiger partial charge in [-0.15, -0.1) is 0 Å². The molecule has 8 atom stereocenters. The van der Waals surface area contributed by atoms with Crippen molar-refractivity contribution in [1.29, 1.82) is 0 Å². The van der Waals surface area contributed by atoms with Gasteiger partial charge in [0.15, 0.2) is 0 Å². The van der Waals surface area contributed by atoms with Crippen molar-refractivity contribution < 1.29 is 5.11 Å². The van der Waals surface area contributed by atoms with Gasteiger partial charge in [0.25, 0.3) is 0 Å². The van der Waals surface area contributed by atoms with Gasteiger partial charge in [0.05, 0.1) is 5.60 Å². The number of hydrogen-bond acceptors (Lipinski definition) is 1. The van der Waals surface area contributed by atoms with E-state index in [-0.39, 0.29) is 0 Å².